The number of carbonyl (C=O) groups excluding carboxylic acids is 1. The van der Waals surface area contributed by atoms with Crippen molar-refractivity contribution >= 4 is 32.6 Å². The minimum atomic E-state index is -0.239. The number of ether oxygens (including phenoxy) is 1. The van der Waals surface area contributed by atoms with Gasteiger partial charge in [0.05, 0.1) is 34.8 Å². The molecule has 3 heterocycles. The van der Waals surface area contributed by atoms with Crippen LogP contribution in [0.1, 0.15) is 35.8 Å². The zero-order chi connectivity index (χ0) is 19.7. The number of pyridine rings is 1. The van der Waals surface area contributed by atoms with Gasteiger partial charge in [-0.3, -0.25) is 10.1 Å². The first-order chi connectivity index (χ1) is 13.6. The van der Waals surface area contributed by atoms with E-state index in [-0.39, 0.29) is 11.8 Å². The maximum Gasteiger partial charge on any atom is 0.260 e. The number of anilines is 1. The lowest BCUT2D eigenvalue weighted by Gasteiger charge is -2.11. The van der Waals surface area contributed by atoms with Crippen LogP contribution in [-0.4, -0.2) is 32.8 Å². The summed E-state index contributed by atoms with van der Waals surface area (Å²) in [6, 6.07) is 11.2. The van der Waals surface area contributed by atoms with Crippen LogP contribution < -0.4 is 10.1 Å². The van der Waals surface area contributed by atoms with E-state index in [0.717, 1.165) is 21.7 Å². The summed E-state index contributed by atoms with van der Waals surface area (Å²) >= 11 is 1.40. The highest BCUT2D eigenvalue weighted by atomic mass is 32.1. The van der Waals surface area contributed by atoms with Gasteiger partial charge in [-0.15, -0.1) is 0 Å². The summed E-state index contributed by atoms with van der Waals surface area (Å²) in [6.07, 6.45) is 3.28. The molecule has 3 aromatic heterocycles. The van der Waals surface area contributed by atoms with E-state index in [1.54, 1.807) is 24.2 Å². The molecule has 0 spiro atoms. The summed E-state index contributed by atoms with van der Waals surface area (Å²) in [5.41, 5.74) is 2.13. The number of rotatable bonds is 5. The molecule has 28 heavy (non-hydrogen) atoms. The van der Waals surface area contributed by atoms with Gasteiger partial charge in [0.1, 0.15) is 5.75 Å². The molecule has 0 atom stereocenters. The fourth-order valence-corrected chi connectivity index (χ4v) is 3.89. The van der Waals surface area contributed by atoms with Crippen molar-refractivity contribution in [3.8, 4) is 11.6 Å². The van der Waals surface area contributed by atoms with Crippen LogP contribution in [0.5, 0.6) is 5.75 Å². The molecule has 0 aliphatic heterocycles. The van der Waals surface area contributed by atoms with Crippen LogP contribution in [0.3, 0.4) is 0 Å². The molecule has 4 aromatic rings. The molecular formula is C20H19N5O2S. The SMILES string of the molecule is COc1ccc2nc(NC(=O)c3cnn(-c4ccccn4)c3C(C)C)sc2c1. The van der Waals surface area contributed by atoms with Gasteiger partial charge >= 0.3 is 0 Å². The first-order valence-corrected chi connectivity index (χ1v) is 9.63. The van der Waals surface area contributed by atoms with E-state index < -0.39 is 0 Å². The van der Waals surface area contributed by atoms with Crippen molar-refractivity contribution in [1.82, 2.24) is 19.7 Å². The van der Waals surface area contributed by atoms with E-state index in [1.165, 1.54) is 11.3 Å². The van der Waals surface area contributed by atoms with Gasteiger partial charge in [-0.25, -0.2) is 14.6 Å². The predicted molar refractivity (Wildman–Crippen MR) is 110 cm³/mol. The molecular weight excluding hydrogens is 374 g/mol. The molecule has 0 aliphatic carbocycles. The number of benzene rings is 1. The number of nitrogens with zero attached hydrogens (tertiary/aromatic N) is 4. The number of nitrogens with one attached hydrogen (secondary N) is 1. The van der Waals surface area contributed by atoms with Crippen molar-refractivity contribution in [3.05, 3.63) is 60.0 Å². The van der Waals surface area contributed by atoms with E-state index in [2.05, 4.69) is 20.4 Å². The quantitative estimate of drug-likeness (QED) is 0.548. The largest absolute Gasteiger partial charge is 0.497 e. The van der Waals surface area contributed by atoms with Crippen molar-refractivity contribution in [2.45, 2.75) is 19.8 Å². The van der Waals surface area contributed by atoms with Crippen molar-refractivity contribution < 1.29 is 9.53 Å². The van der Waals surface area contributed by atoms with Crippen molar-refractivity contribution in [2.24, 2.45) is 0 Å². The average molecular weight is 393 g/mol. The van der Waals surface area contributed by atoms with Crippen LogP contribution in [0.15, 0.2) is 48.8 Å². The monoisotopic (exact) mass is 393 g/mol. The molecule has 0 unspecified atom stereocenters. The van der Waals surface area contributed by atoms with Crippen molar-refractivity contribution in [2.75, 3.05) is 12.4 Å². The number of methoxy groups -OCH3 is 1. The maximum absolute atomic E-state index is 12.9. The van der Waals surface area contributed by atoms with Crippen molar-refractivity contribution in [3.63, 3.8) is 0 Å². The number of hydrogen-bond acceptors (Lipinski definition) is 6. The van der Waals surface area contributed by atoms with Gasteiger partial charge in [0.2, 0.25) is 0 Å². The summed E-state index contributed by atoms with van der Waals surface area (Å²) in [5, 5.41) is 7.83. The van der Waals surface area contributed by atoms with Gasteiger partial charge in [-0.2, -0.15) is 5.10 Å². The van der Waals surface area contributed by atoms with E-state index in [4.69, 9.17) is 4.74 Å². The number of fused-ring (bicyclic) bond motifs is 1. The van der Waals surface area contributed by atoms with Gasteiger partial charge in [0.15, 0.2) is 10.9 Å². The van der Waals surface area contributed by atoms with E-state index >= 15 is 0 Å². The summed E-state index contributed by atoms with van der Waals surface area (Å²) in [6.45, 7) is 4.05. The Balaban J connectivity index is 1.66. The van der Waals surface area contributed by atoms with E-state index in [0.29, 0.717) is 16.5 Å². The van der Waals surface area contributed by atoms with Gasteiger partial charge in [-0.1, -0.05) is 31.3 Å². The third-order valence-electron chi connectivity index (χ3n) is 4.28. The maximum atomic E-state index is 12.9. The zero-order valence-corrected chi connectivity index (χ0v) is 16.5. The highest BCUT2D eigenvalue weighted by Crippen LogP contribution is 2.30. The molecule has 0 saturated carbocycles. The summed E-state index contributed by atoms with van der Waals surface area (Å²) < 4.78 is 7.90. The zero-order valence-electron chi connectivity index (χ0n) is 15.7. The Kier molecular flexibility index (Phi) is 4.79. The van der Waals surface area contributed by atoms with Crippen LogP contribution in [0, 0.1) is 0 Å². The number of aromatic nitrogens is 4. The minimum absolute atomic E-state index is 0.0879. The van der Waals surface area contributed by atoms with Crippen LogP contribution in [0.4, 0.5) is 5.13 Å². The molecule has 1 aromatic carbocycles. The minimum Gasteiger partial charge on any atom is -0.497 e. The lowest BCUT2D eigenvalue weighted by atomic mass is 10.1. The molecule has 1 N–H and O–H groups in total. The van der Waals surface area contributed by atoms with Crippen LogP contribution in [-0.2, 0) is 0 Å². The Morgan fingerprint density at radius 1 is 1.25 bits per heavy atom. The molecule has 0 radical (unpaired) electrons. The third kappa shape index (κ3) is 3.34. The van der Waals surface area contributed by atoms with Gasteiger partial charge in [0, 0.05) is 6.20 Å². The number of thiazole rings is 1. The van der Waals surface area contributed by atoms with Gasteiger partial charge in [-0.05, 0) is 36.2 Å². The van der Waals surface area contributed by atoms with Crippen LogP contribution >= 0.6 is 11.3 Å². The Bertz CT molecular complexity index is 1130. The molecule has 7 nitrogen and oxygen atoms in total. The lowest BCUT2D eigenvalue weighted by Crippen LogP contribution is -2.15. The summed E-state index contributed by atoms with van der Waals surface area (Å²) in [5.74, 6) is 1.28. The molecule has 0 saturated heterocycles. The lowest BCUT2D eigenvalue weighted by molar-refractivity contribution is 0.102. The molecule has 4 rings (SSSR count). The van der Waals surface area contributed by atoms with E-state index in [9.17, 15) is 4.79 Å². The second-order valence-electron chi connectivity index (χ2n) is 6.50. The Labute approximate surface area is 166 Å². The smallest absolute Gasteiger partial charge is 0.260 e. The standard InChI is InChI=1S/C20H19N5O2S/c1-12(2)18-14(11-22-25(18)17-6-4-5-9-21-17)19(26)24-20-23-15-8-7-13(27-3)10-16(15)28-20/h4-12H,1-3H3,(H,23,24,26). The Morgan fingerprint density at radius 3 is 2.82 bits per heavy atom. The molecule has 8 heteroatoms. The average Bonchev–Trinajstić information content (AvgIpc) is 3.31. The summed E-state index contributed by atoms with van der Waals surface area (Å²) in [7, 11) is 1.62. The van der Waals surface area contributed by atoms with Gasteiger partial charge < -0.3 is 4.74 Å². The first-order valence-electron chi connectivity index (χ1n) is 8.82. The highest BCUT2D eigenvalue weighted by molar-refractivity contribution is 7.22. The normalized spacial score (nSPS) is 11.1. The first kappa shape index (κ1) is 18.1. The Hall–Kier alpha value is -3.26. The molecule has 0 aliphatic rings. The predicted octanol–water partition coefficient (Wildman–Crippen LogP) is 4.26. The second kappa shape index (κ2) is 7.40. The Morgan fingerprint density at radius 2 is 2.11 bits per heavy atom. The third-order valence-corrected chi connectivity index (χ3v) is 5.21. The summed E-state index contributed by atoms with van der Waals surface area (Å²) in [4.78, 5) is 21.8. The van der Waals surface area contributed by atoms with Gasteiger partial charge in [0.25, 0.3) is 5.91 Å². The van der Waals surface area contributed by atoms with Crippen molar-refractivity contribution in [1.29, 1.82) is 0 Å². The topological polar surface area (TPSA) is 81.9 Å². The molecule has 1 amide bonds. The molecule has 0 bridgehead atoms. The number of hydrogen-bond donors (Lipinski definition) is 1. The number of amides is 1. The van der Waals surface area contributed by atoms with Crippen LogP contribution in [0.25, 0.3) is 16.0 Å². The van der Waals surface area contributed by atoms with E-state index in [1.807, 2.05) is 50.2 Å². The fraction of sp³-hybridized carbons (Fsp3) is 0.200. The fourth-order valence-electron chi connectivity index (χ4n) is 3.00. The molecule has 142 valence electrons. The van der Waals surface area contributed by atoms with Crippen LogP contribution in [0.2, 0.25) is 0 Å². The number of carbonyl (C=O) groups is 1. The molecule has 0 fully saturated rings. The highest BCUT2D eigenvalue weighted by Gasteiger charge is 2.22. The second-order valence-corrected chi connectivity index (χ2v) is 7.54.